The van der Waals surface area contributed by atoms with Crippen LogP contribution in [-0.2, 0) is 4.79 Å². The van der Waals surface area contributed by atoms with Crippen molar-refractivity contribution in [2.45, 2.75) is 44.6 Å². The fourth-order valence-corrected chi connectivity index (χ4v) is 3.68. The third-order valence-electron chi connectivity index (χ3n) is 5.07. The Hall–Kier alpha value is -2.08. The van der Waals surface area contributed by atoms with Gasteiger partial charge in [-0.15, -0.1) is 0 Å². The van der Waals surface area contributed by atoms with Crippen LogP contribution in [0.25, 0.3) is 0 Å². The number of aliphatic imine (C=N–C) groups is 1. The number of aliphatic hydroxyl groups excluding tert-OH is 1. The predicted octanol–water partition coefficient (Wildman–Crippen LogP) is 1.83. The van der Waals surface area contributed by atoms with Crippen LogP contribution in [0.4, 0.5) is 5.69 Å². The van der Waals surface area contributed by atoms with Gasteiger partial charge in [0, 0.05) is 43.6 Å². The SMILES string of the molecule is CCNC(=NCC1CCCC1O)NCC1CC(=O)Nc2ccccc21. The molecular formula is C19H28N4O2. The molecule has 6 heteroatoms. The van der Waals surface area contributed by atoms with Crippen molar-refractivity contribution in [2.24, 2.45) is 10.9 Å². The summed E-state index contributed by atoms with van der Waals surface area (Å²) in [6, 6.07) is 7.96. The van der Waals surface area contributed by atoms with Gasteiger partial charge >= 0.3 is 0 Å². The lowest BCUT2D eigenvalue weighted by Crippen LogP contribution is -2.41. The van der Waals surface area contributed by atoms with E-state index in [0.717, 1.165) is 43.0 Å². The van der Waals surface area contributed by atoms with E-state index in [9.17, 15) is 9.90 Å². The fraction of sp³-hybridized carbons (Fsp3) is 0.579. The fourth-order valence-electron chi connectivity index (χ4n) is 3.68. The number of anilines is 1. The highest BCUT2D eigenvalue weighted by atomic mass is 16.3. The Morgan fingerprint density at radius 3 is 2.92 bits per heavy atom. The molecule has 0 bridgehead atoms. The molecule has 4 N–H and O–H groups in total. The van der Waals surface area contributed by atoms with Crippen molar-refractivity contribution < 1.29 is 9.90 Å². The van der Waals surface area contributed by atoms with Gasteiger partial charge in [-0.05, 0) is 31.4 Å². The number of carbonyl (C=O) groups is 1. The molecule has 1 aromatic rings. The molecule has 1 amide bonds. The molecule has 1 heterocycles. The number of nitrogens with zero attached hydrogens (tertiary/aromatic N) is 1. The number of fused-ring (bicyclic) bond motifs is 1. The molecular weight excluding hydrogens is 316 g/mol. The first-order chi connectivity index (χ1) is 12.2. The van der Waals surface area contributed by atoms with Gasteiger partial charge in [0.1, 0.15) is 0 Å². The van der Waals surface area contributed by atoms with Gasteiger partial charge in [-0.3, -0.25) is 9.79 Å². The van der Waals surface area contributed by atoms with Gasteiger partial charge in [-0.25, -0.2) is 0 Å². The smallest absolute Gasteiger partial charge is 0.225 e. The van der Waals surface area contributed by atoms with Gasteiger partial charge in [-0.1, -0.05) is 24.6 Å². The van der Waals surface area contributed by atoms with Crippen LogP contribution >= 0.6 is 0 Å². The van der Waals surface area contributed by atoms with Crippen molar-refractivity contribution in [1.82, 2.24) is 10.6 Å². The van der Waals surface area contributed by atoms with Crippen LogP contribution < -0.4 is 16.0 Å². The van der Waals surface area contributed by atoms with E-state index >= 15 is 0 Å². The number of amides is 1. The zero-order chi connectivity index (χ0) is 17.6. The average molecular weight is 344 g/mol. The summed E-state index contributed by atoms with van der Waals surface area (Å²) in [6.45, 7) is 4.10. The lowest BCUT2D eigenvalue weighted by Gasteiger charge is -2.26. The second-order valence-electron chi connectivity index (χ2n) is 6.90. The minimum absolute atomic E-state index is 0.0570. The molecule has 136 valence electrons. The highest BCUT2D eigenvalue weighted by molar-refractivity contribution is 5.94. The number of carbonyl (C=O) groups excluding carboxylic acids is 1. The summed E-state index contributed by atoms with van der Waals surface area (Å²) in [5, 5.41) is 19.5. The number of para-hydroxylation sites is 1. The maximum atomic E-state index is 11.9. The van der Waals surface area contributed by atoms with Gasteiger partial charge in [0.05, 0.1) is 6.10 Å². The Labute approximate surface area is 149 Å². The van der Waals surface area contributed by atoms with Gasteiger partial charge < -0.3 is 21.1 Å². The van der Waals surface area contributed by atoms with E-state index in [-0.39, 0.29) is 23.8 Å². The molecule has 1 aromatic carbocycles. The topological polar surface area (TPSA) is 85.8 Å². The van der Waals surface area contributed by atoms with E-state index in [2.05, 4.69) is 27.0 Å². The second-order valence-corrected chi connectivity index (χ2v) is 6.90. The highest BCUT2D eigenvalue weighted by Crippen LogP contribution is 2.31. The molecule has 0 radical (unpaired) electrons. The predicted molar refractivity (Wildman–Crippen MR) is 99.8 cm³/mol. The van der Waals surface area contributed by atoms with E-state index in [1.165, 1.54) is 0 Å². The number of aliphatic hydroxyl groups is 1. The number of nitrogens with one attached hydrogen (secondary N) is 3. The van der Waals surface area contributed by atoms with E-state index in [4.69, 9.17) is 0 Å². The van der Waals surface area contributed by atoms with E-state index in [1.807, 2.05) is 25.1 Å². The average Bonchev–Trinajstić information content (AvgIpc) is 3.02. The maximum absolute atomic E-state index is 11.9. The van der Waals surface area contributed by atoms with Crippen molar-refractivity contribution in [3.05, 3.63) is 29.8 Å². The first kappa shape index (κ1) is 17.7. The van der Waals surface area contributed by atoms with Gasteiger partial charge in [0.25, 0.3) is 0 Å². The molecule has 2 aliphatic rings. The lowest BCUT2D eigenvalue weighted by molar-refractivity contribution is -0.116. The molecule has 3 atom stereocenters. The lowest BCUT2D eigenvalue weighted by atomic mass is 9.90. The molecule has 25 heavy (non-hydrogen) atoms. The zero-order valence-corrected chi connectivity index (χ0v) is 14.8. The van der Waals surface area contributed by atoms with Crippen LogP contribution in [0, 0.1) is 5.92 Å². The highest BCUT2D eigenvalue weighted by Gasteiger charge is 2.26. The summed E-state index contributed by atoms with van der Waals surface area (Å²) in [4.78, 5) is 16.6. The molecule has 0 aromatic heterocycles. The van der Waals surface area contributed by atoms with Gasteiger partial charge in [-0.2, -0.15) is 0 Å². The molecule has 6 nitrogen and oxygen atoms in total. The summed E-state index contributed by atoms with van der Waals surface area (Å²) >= 11 is 0. The van der Waals surface area contributed by atoms with Crippen LogP contribution in [0.15, 0.2) is 29.3 Å². The summed E-state index contributed by atoms with van der Waals surface area (Å²) in [5.41, 5.74) is 2.07. The van der Waals surface area contributed by atoms with Crippen LogP contribution in [0.2, 0.25) is 0 Å². The Kier molecular flexibility index (Phi) is 5.91. The van der Waals surface area contributed by atoms with Crippen LogP contribution in [0.5, 0.6) is 0 Å². The number of hydrogen-bond donors (Lipinski definition) is 4. The number of guanidine groups is 1. The number of benzene rings is 1. The standard InChI is InChI=1S/C19H28N4O2/c1-2-20-19(21-11-13-6-5-9-17(13)24)22-12-14-10-18(25)23-16-8-4-3-7-15(14)16/h3-4,7-8,13-14,17,24H,2,5-6,9-12H2,1H3,(H,23,25)(H2,20,21,22). The van der Waals surface area contributed by atoms with Gasteiger partial charge in [0.15, 0.2) is 5.96 Å². The summed E-state index contributed by atoms with van der Waals surface area (Å²) in [7, 11) is 0. The quantitative estimate of drug-likeness (QED) is 0.485. The van der Waals surface area contributed by atoms with Crippen LogP contribution in [0.3, 0.4) is 0 Å². The molecule has 0 spiro atoms. The summed E-state index contributed by atoms with van der Waals surface area (Å²) < 4.78 is 0. The largest absolute Gasteiger partial charge is 0.393 e. The molecule has 1 aliphatic carbocycles. The first-order valence-corrected chi connectivity index (χ1v) is 9.26. The molecule has 1 fully saturated rings. The van der Waals surface area contributed by atoms with Crippen molar-refractivity contribution in [3.8, 4) is 0 Å². The van der Waals surface area contributed by atoms with E-state index in [0.29, 0.717) is 19.5 Å². The van der Waals surface area contributed by atoms with Crippen molar-refractivity contribution in [2.75, 3.05) is 25.0 Å². The number of hydrogen-bond acceptors (Lipinski definition) is 3. The number of rotatable bonds is 5. The van der Waals surface area contributed by atoms with Crippen LogP contribution in [-0.4, -0.2) is 42.7 Å². The van der Waals surface area contributed by atoms with Gasteiger partial charge in [0.2, 0.25) is 5.91 Å². The minimum atomic E-state index is -0.222. The maximum Gasteiger partial charge on any atom is 0.225 e. The molecule has 3 unspecified atom stereocenters. The van der Waals surface area contributed by atoms with Crippen LogP contribution in [0.1, 0.15) is 44.1 Å². The Morgan fingerprint density at radius 2 is 2.16 bits per heavy atom. The third-order valence-corrected chi connectivity index (χ3v) is 5.07. The minimum Gasteiger partial charge on any atom is -0.393 e. The summed E-state index contributed by atoms with van der Waals surface area (Å²) in [5.74, 6) is 1.20. The van der Waals surface area contributed by atoms with Crippen molar-refractivity contribution >= 4 is 17.6 Å². The molecule has 3 rings (SSSR count). The first-order valence-electron chi connectivity index (χ1n) is 9.26. The van der Waals surface area contributed by atoms with Crippen molar-refractivity contribution in [3.63, 3.8) is 0 Å². The van der Waals surface area contributed by atoms with E-state index in [1.54, 1.807) is 0 Å². The Morgan fingerprint density at radius 1 is 1.32 bits per heavy atom. The zero-order valence-electron chi connectivity index (χ0n) is 14.8. The third kappa shape index (κ3) is 4.51. The van der Waals surface area contributed by atoms with E-state index < -0.39 is 0 Å². The Bertz CT molecular complexity index is 632. The monoisotopic (exact) mass is 344 g/mol. The Balaban J connectivity index is 1.62. The molecule has 0 saturated heterocycles. The van der Waals surface area contributed by atoms with Crippen molar-refractivity contribution in [1.29, 1.82) is 0 Å². The normalized spacial score (nSPS) is 26.1. The molecule has 1 aliphatic heterocycles. The second kappa shape index (κ2) is 8.34. The summed E-state index contributed by atoms with van der Waals surface area (Å²) in [6.07, 6.45) is 3.27. The molecule has 1 saturated carbocycles.